The van der Waals surface area contributed by atoms with E-state index in [4.69, 9.17) is 0 Å². The number of nitrogens with one attached hydrogen (secondary N) is 1. The Labute approximate surface area is 131 Å². The average Bonchev–Trinajstić information content (AvgIpc) is 2.88. The van der Waals surface area contributed by atoms with Crippen molar-refractivity contribution in [3.05, 3.63) is 29.3 Å². The Morgan fingerprint density at radius 1 is 1.35 bits per heavy atom. The maximum Gasteiger partial charge on any atom is 0.411 e. The van der Waals surface area contributed by atoms with Crippen LogP contribution in [0, 0.1) is 0 Å². The number of ether oxygens (including phenoxy) is 1. The van der Waals surface area contributed by atoms with Gasteiger partial charge in [0.15, 0.2) is 0 Å². The van der Waals surface area contributed by atoms with Gasteiger partial charge in [-0.25, -0.2) is 0 Å². The van der Waals surface area contributed by atoms with E-state index in [9.17, 15) is 22.8 Å². The lowest BCUT2D eigenvalue weighted by molar-refractivity contribution is -0.173. The third kappa shape index (κ3) is 4.69. The maximum absolute atomic E-state index is 12.0. The predicted molar refractivity (Wildman–Crippen MR) is 77.4 cm³/mol. The highest BCUT2D eigenvalue weighted by Crippen LogP contribution is 2.28. The van der Waals surface area contributed by atoms with Crippen LogP contribution in [0.3, 0.4) is 0 Å². The van der Waals surface area contributed by atoms with Gasteiger partial charge < -0.3 is 15.0 Å². The van der Waals surface area contributed by atoms with Gasteiger partial charge in [0.05, 0.1) is 6.61 Å². The molecular weight excluding hydrogens is 313 g/mol. The Hall–Kier alpha value is -2.09. The van der Waals surface area contributed by atoms with Crippen LogP contribution in [0.5, 0.6) is 0 Å². The van der Waals surface area contributed by atoms with Crippen molar-refractivity contribution in [2.45, 2.75) is 19.5 Å². The van der Waals surface area contributed by atoms with Gasteiger partial charge in [0, 0.05) is 31.3 Å². The van der Waals surface area contributed by atoms with Gasteiger partial charge in [-0.05, 0) is 30.2 Å². The molecule has 2 rings (SSSR count). The number of alkyl halides is 3. The number of nitrogens with zero attached hydrogens (tertiary/aromatic N) is 1. The number of anilines is 1. The zero-order valence-corrected chi connectivity index (χ0v) is 12.6. The number of amides is 2. The van der Waals surface area contributed by atoms with Gasteiger partial charge in [-0.3, -0.25) is 9.59 Å². The van der Waals surface area contributed by atoms with Gasteiger partial charge >= 0.3 is 6.18 Å². The summed E-state index contributed by atoms with van der Waals surface area (Å²) in [6.45, 7) is 0.514. The Kier molecular flexibility index (Phi) is 5.25. The lowest BCUT2D eigenvalue weighted by Crippen LogP contribution is -2.29. The van der Waals surface area contributed by atoms with Crippen LogP contribution in [-0.2, 0) is 16.0 Å². The SMILES string of the molecule is CC(=O)N1CCc2cc(C(=O)NCCOCC(F)(F)F)ccc21. The molecule has 0 fully saturated rings. The molecule has 0 aliphatic carbocycles. The topological polar surface area (TPSA) is 58.6 Å². The van der Waals surface area contributed by atoms with Crippen LogP contribution in [0.25, 0.3) is 0 Å². The first-order chi connectivity index (χ1) is 10.8. The standard InChI is InChI=1S/C15H17F3N2O3/c1-10(21)20-6-4-11-8-12(2-3-13(11)20)14(22)19-5-7-23-9-15(16,17)18/h2-3,8H,4-7,9H2,1H3,(H,19,22). The fourth-order valence-electron chi connectivity index (χ4n) is 2.40. The fraction of sp³-hybridized carbons (Fsp3) is 0.467. The van der Waals surface area contributed by atoms with E-state index >= 15 is 0 Å². The highest BCUT2D eigenvalue weighted by Gasteiger charge is 2.27. The second-order valence-electron chi connectivity index (χ2n) is 5.19. The van der Waals surface area contributed by atoms with Gasteiger partial charge in [0.2, 0.25) is 5.91 Å². The van der Waals surface area contributed by atoms with E-state index in [0.717, 1.165) is 11.3 Å². The molecule has 1 heterocycles. The van der Waals surface area contributed by atoms with Crippen LogP contribution in [0.1, 0.15) is 22.8 Å². The molecule has 8 heteroatoms. The second-order valence-corrected chi connectivity index (χ2v) is 5.19. The molecule has 0 atom stereocenters. The van der Waals surface area contributed by atoms with Crippen LogP contribution in [0.4, 0.5) is 18.9 Å². The van der Waals surface area contributed by atoms with Crippen molar-refractivity contribution < 1.29 is 27.5 Å². The van der Waals surface area contributed by atoms with Crippen LogP contribution in [0.15, 0.2) is 18.2 Å². The molecule has 126 valence electrons. The molecule has 0 saturated heterocycles. The van der Waals surface area contributed by atoms with Gasteiger partial charge in [-0.15, -0.1) is 0 Å². The molecule has 5 nitrogen and oxygen atoms in total. The van der Waals surface area contributed by atoms with E-state index in [-0.39, 0.29) is 25.0 Å². The van der Waals surface area contributed by atoms with Gasteiger partial charge in [0.1, 0.15) is 6.61 Å². The van der Waals surface area contributed by atoms with Crippen molar-refractivity contribution >= 4 is 17.5 Å². The first-order valence-corrected chi connectivity index (χ1v) is 7.11. The largest absolute Gasteiger partial charge is 0.411 e. The number of fused-ring (bicyclic) bond motifs is 1. The minimum atomic E-state index is -4.37. The van der Waals surface area contributed by atoms with E-state index < -0.39 is 12.8 Å². The summed E-state index contributed by atoms with van der Waals surface area (Å²) in [7, 11) is 0. The van der Waals surface area contributed by atoms with E-state index in [0.29, 0.717) is 18.5 Å². The number of halogens is 3. The molecule has 0 spiro atoms. The summed E-state index contributed by atoms with van der Waals surface area (Å²) in [6.07, 6.45) is -3.70. The molecule has 1 aliphatic rings. The normalized spacial score (nSPS) is 13.8. The Morgan fingerprint density at radius 3 is 2.74 bits per heavy atom. The third-order valence-corrected chi connectivity index (χ3v) is 3.42. The van der Waals surface area contributed by atoms with Gasteiger partial charge in [-0.2, -0.15) is 13.2 Å². The quantitative estimate of drug-likeness (QED) is 0.839. The summed E-state index contributed by atoms with van der Waals surface area (Å²) in [5.41, 5.74) is 2.11. The molecule has 0 saturated carbocycles. The molecule has 1 aromatic rings. The predicted octanol–water partition coefficient (Wildman–Crippen LogP) is 1.90. The third-order valence-electron chi connectivity index (χ3n) is 3.42. The minimum absolute atomic E-state index is 0.00836. The minimum Gasteiger partial charge on any atom is -0.370 e. The van der Waals surface area contributed by atoms with Crippen molar-refractivity contribution in [2.75, 3.05) is 31.2 Å². The Balaban J connectivity index is 1.86. The molecule has 1 aromatic carbocycles. The van der Waals surface area contributed by atoms with Crippen LogP contribution >= 0.6 is 0 Å². The number of carbonyl (C=O) groups is 2. The summed E-state index contributed by atoms with van der Waals surface area (Å²) < 4.78 is 40.1. The lowest BCUT2D eigenvalue weighted by atomic mass is 10.1. The smallest absolute Gasteiger partial charge is 0.370 e. The monoisotopic (exact) mass is 330 g/mol. The fourth-order valence-corrected chi connectivity index (χ4v) is 2.40. The summed E-state index contributed by atoms with van der Waals surface area (Å²) in [5.74, 6) is -0.438. The van der Waals surface area contributed by atoms with Gasteiger partial charge in [-0.1, -0.05) is 0 Å². The van der Waals surface area contributed by atoms with Crippen molar-refractivity contribution in [3.8, 4) is 0 Å². The molecule has 1 aliphatic heterocycles. The molecule has 1 N–H and O–H groups in total. The zero-order chi connectivity index (χ0) is 17.0. The summed E-state index contributed by atoms with van der Waals surface area (Å²) >= 11 is 0. The molecule has 0 unspecified atom stereocenters. The number of carbonyl (C=O) groups excluding carboxylic acids is 2. The highest BCUT2D eigenvalue weighted by atomic mass is 19.4. The van der Waals surface area contributed by atoms with Gasteiger partial charge in [0.25, 0.3) is 5.91 Å². The highest BCUT2D eigenvalue weighted by molar-refractivity contribution is 5.97. The van der Waals surface area contributed by atoms with Crippen molar-refractivity contribution in [1.29, 1.82) is 0 Å². The van der Waals surface area contributed by atoms with E-state index in [2.05, 4.69) is 10.1 Å². The van der Waals surface area contributed by atoms with Crippen LogP contribution in [-0.4, -0.2) is 44.3 Å². The first kappa shape index (κ1) is 17.3. The number of benzene rings is 1. The Bertz CT molecular complexity index is 602. The Morgan fingerprint density at radius 2 is 2.09 bits per heavy atom. The van der Waals surface area contributed by atoms with Crippen LogP contribution < -0.4 is 10.2 Å². The van der Waals surface area contributed by atoms with Crippen molar-refractivity contribution in [3.63, 3.8) is 0 Å². The molecule has 2 amide bonds. The summed E-state index contributed by atoms with van der Waals surface area (Å²) in [6, 6.07) is 5.00. The molecule has 23 heavy (non-hydrogen) atoms. The lowest BCUT2D eigenvalue weighted by Gasteiger charge is -2.14. The molecule has 0 radical (unpaired) electrons. The molecule has 0 aromatic heterocycles. The molecule has 0 bridgehead atoms. The number of hydrogen-bond acceptors (Lipinski definition) is 3. The number of rotatable bonds is 5. The molecular formula is C15H17F3N2O3. The first-order valence-electron chi connectivity index (χ1n) is 7.11. The van der Waals surface area contributed by atoms with Crippen molar-refractivity contribution in [1.82, 2.24) is 5.32 Å². The van der Waals surface area contributed by atoms with E-state index in [1.165, 1.54) is 6.92 Å². The van der Waals surface area contributed by atoms with E-state index in [1.807, 2.05) is 0 Å². The summed E-state index contributed by atoms with van der Waals surface area (Å²) in [5, 5.41) is 2.50. The average molecular weight is 330 g/mol. The van der Waals surface area contributed by atoms with E-state index in [1.54, 1.807) is 23.1 Å². The summed E-state index contributed by atoms with van der Waals surface area (Å²) in [4.78, 5) is 25.0. The number of hydrogen-bond donors (Lipinski definition) is 1. The zero-order valence-electron chi connectivity index (χ0n) is 12.6. The van der Waals surface area contributed by atoms with Crippen molar-refractivity contribution in [2.24, 2.45) is 0 Å². The van der Waals surface area contributed by atoms with Crippen LogP contribution in [0.2, 0.25) is 0 Å². The second kappa shape index (κ2) is 6.99. The maximum atomic E-state index is 12.0.